The molecule has 182 valence electrons. The third-order valence-electron chi connectivity index (χ3n) is 7.87. The number of carbonyl (C=O) groups excluding carboxylic acids is 1. The number of fused-ring (bicyclic) bond motifs is 3. The lowest BCUT2D eigenvalue weighted by Crippen LogP contribution is -2.39. The molecule has 2 heterocycles. The van der Waals surface area contributed by atoms with Gasteiger partial charge in [0.1, 0.15) is 23.7 Å². The topological polar surface area (TPSA) is 59.6 Å². The van der Waals surface area contributed by atoms with Gasteiger partial charge in [0.25, 0.3) is 0 Å². The number of ether oxygens (including phenoxy) is 2. The van der Waals surface area contributed by atoms with Gasteiger partial charge < -0.3 is 20.1 Å². The Balaban J connectivity index is 1.43. The van der Waals surface area contributed by atoms with Gasteiger partial charge in [-0.2, -0.15) is 0 Å². The summed E-state index contributed by atoms with van der Waals surface area (Å²) in [6, 6.07) is 11.9. The van der Waals surface area contributed by atoms with Crippen LogP contribution in [0, 0.1) is 11.8 Å². The van der Waals surface area contributed by atoms with Crippen LogP contribution in [-0.2, 0) is 0 Å². The Kier molecular flexibility index (Phi) is 7.21. The highest BCUT2D eigenvalue weighted by Crippen LogP contribution is 2.45. The predicted molar refractivity (Wildman–Crippen MR) is 136 cm³/mol. The van der Waals surface area contributed by atoms with Crippen molar-refractivity contribution in [3.63, 3.8) is 0 Å². The molecule has 0 aromatic heterocycles. The van der Waals surface area contributed by atoms with E-state index in [1.54, 1.807) is 0 Å². The maximum atomic E-state index is 13.2. The molecule has 0 radical (unpaired) electrons. The Bertz CT molecular complexity index is 1010. The number of benzene rings is 2. The molecular weight excluding hydrogens is 424 g/mol. The molecule has 34 heavy (non-hydrogen) atoms. The van der Waals surface area contributed by atoms with E-state index in [1.807, 2.05) is 30.3 Å². The first-order chi connectivity index (χ1) is 16.7. The largest absolute Gasteiger partial charge is 0.490 e. The quantitative estimate of drug-likeness (QED) is 0.481. The fraction of sp³-hybridized carbons (Fsp3) is 0.552. The lowest BCUT2D eigenvalue weighted by atomic mass is 9.92. The second-order valence-corrected chi connectivity index (χ2v) is 10.1. The highest BCUT2D eigenvalue weighted by Gasteiger charge is 2.32. The molecule has 2 fully saturated rings. The average Bonchev–Trinajstić information content (AvgIpc) is 3.18. The first-order valence-corrected chi connectivity index (χ1v) is 13.3. The summed E-state index contributed by atoms with van der Waals surface area (Å²) in [5, 5.41) is 7.02. The van der Waals surface area contributed by atoms with Gasteiger partial charge in [-0.1, -0.05) is 26.0 Å². The smallest absolute Gasteiger partial charge is 0.194 e. The molecule has 4 unspecified atom stereocenters. The molecule has 3 aliphatic rings. The molecule has 2 aromatic carbocycles. The van der Waals surface area contributed by atoms with Crippen molar-refractivity contribution in [1.82, 2.24) is 10.6 Å². The maximum Gasteiger partial charge on any atom is 0.194 e. The van der Waals surface area contributed by atoms with Gasteiger partial charge >= 0.3 is 0 Å². The highest BCUT2D eigenvalue weighted by atomic mass is 16.5. The minimum atomic E-state index is 0.0814. The molecule has 4 atom stereocenters. The molecule has 0 saturated carbocycles. The van der Waals surface area contributed by atoms with Gasteiger partial charge in [0, 0.05) is 47.2 Å². The first-order valence-electron chi connectivity index (χ1n) is 13.3. The normalized spacial score (nSPS) is 23.6. The Labute approximate surface area is 203 Å². The summed E-state index contributed by atoms with van der Waals surface area (Å²) in [6.45, 7) is 8.59. The highest BCUT2D eigenvalue weighted by molar-refractivity contribution is 6.22. The summed E-state index contributed by atoms with van der Waals surface area (Å²) < 4.78 is 13.2. The summed E-state index contributed by atoms with van der Waals surface area (Å²) in [6.07, 6.45) is 7.01. The molecule has 0 bridgehead atoms. The standard InChI is InChI=1S/C29H38N2O3/c1-3-25(19-8-6-14-30-17-19)33-21-12-13-22-24(16-21)28-23(29(22)32)10-5-11-27(28)34-26(4-2)20-9-7-15-31-18-20/h5,10-13,16,19-20,25-26,30-31H,3-4,6-9,14-15,17-18H2,1-2H3. The van der Waals surface area contributed by atoms with Crippen LogP contribution in [0.3, 0.4) is 0 Å². The number of ketones is 1. The van der Waals surface area contributed by atoms with Crippen LogP contribution >= 0.6 is 0 Å². The van der Waals surface area contributed by atoms with Gasteiger partial charge in [0.15, 0.2) is 5.78 Å². The van der Waals surface area contributed by atoms with Crippen molar-refractivity contribution in [3.8, 4) is 22.6 Å². The number of carbonyl (C=O) groups is 1. The fourth-order valence-corrected chi connectivity index (χ4v) is 6.00. The van der Waals surface area contributed by atoms with Gasteiger partial charge in [-0.05, 0) is 75.9 Å². The van der Waals surface area contributed by atoms with Crippen LogP contribution in [0.1, 0.15) is 68.3 Å². The van der Waals surface area contributed by atoms with Crippen molar-refractivity contribution < 1.29 is 14.3 Å². The number of hydrogen-bond donors (Lipinski definition) is 2. The molecule has 5 nitrogen and oxygen atoms in total. The van der Waals surface area contributed by atoms with Crippen LogP contribution in [0.5, 0.6) is 11.5 Å². The molecule has 1 aliphatic carbocycles. The van der Waals surface area contributed by atoms with Crippen molar-refractivity contribution in [2.45, 2.75) is 64.6 Å². The van der Waals surface area contributed by atoms with Crippen LogP contribution in [0.2, 0.25) is 0 Å². The zero-order chi connectivity index (χ0) is 23.5. The van der Waals surface area contributed by atoms with Crippen molar-refractivity contribution in [3.05, 3.63) is 47.5 Å². The SMILES string of the molecule is CCC(Oc1ccc2c(c1)-c1c(OC(CC)C3CCCNC3)cccc1C2=O)C1CCCNC1. The molecule has 2 aliphatic heterocycles. The zero-order valence-corrected chi connectivity index (χ0v) is 20.6. The molecule has 2 N–H and O–H groups in total. The van der Waals surface area contributed by atoms with E-state index in [4.69, 9.17) is 9.47 Å². The summed E-state index contributed by atoms with van der Waals surface area (Å²) >= 11 is 0. The molecule has 2 saturated heterocycles. The zero-order valence-electron chi connectivity index (χ0n) is 20.6. The Morgan fingerprint density at radius 3 is 2.15 bits per heavy atom. The van der Waals surface area contributed by atoms with E-state index < -0.39 is 0 Å². The predicted octanol–water partition coefficient (Wildman–Crippen LogP) is 5.21. The van der Waals surface area contributed by atoms with E-state index in [0.29, 0.717) is 11.8 Å². The molecule has 5 heteroatoms. The minimum absolute atomic E-state index is 0.0814. The lowest BCUT2D eigenvalue weighted by molar-refractivity contribution is 0.103. The maximum absolute atomic E-state index is 13.2. The van der Waals surface area contributed by atoms with Gasteiger partial charge in [-0.15, -0.1) is 0 Å². The monoisotopic (exact) mass is 462 g/mol. The third-order valence-corrected chi connectivity index (χ3v) is 7.87. The van der Waals surface area contributed by atoms with Crippen molar-refractivity contribution in [2.75, 3.05) is 26.2 Å². The molecule has 0 spiro atoms. The van der Waals surface area contributed by atoms with E-state index in [2.05, 4.69) is 30.5 Å². The molecule has 0 amide bonds. The van der Waals surface area contributed by atoms with Crippen molar-refractivity contribution in [2.24, 2.45) is 11.8 Å². The van der Waals surface area contributed by atoms with Crippen LogP contribution in [0.4, 0.5) is 0 Å². The van der Waals surface area contributed by atoms with Crippen LogP contribution in [-0.4, -0.2) is 44.2 Å². The van der Waals surface area contributed by atoms with Gasteiger partial charge in [-0.25, -0.2) is 0 Å². The Morgan fingerprint density at radius 1 is 0.853 bits per heavy atom. The summed E-state index contributed by atoms with van der Waals surface area (Å²) in [7, 11) is 0. The Hall–Kier alpha value is -2.37. The van der Waals surface area contributed by atoms with Crippen LogP contribution in [0.25, 0.3) is 11.1 Å². The van der Waals surface area contributed by atoms with Crippen LogP contribution < -0.4 is 20.1 Å². The number of hydrogen-bond acceptors (Lipinski definition) is 5. The summed E-state index contributed by atoms with van der Waals surface area (Å²) in [4.78, 5) is 13.2. The number of nitrogens with one attached hydrogen (secondary N) is 2. The summed E-state index contributed by atoms with van der Waals surface area (Å²) in [5.41, 5.74) is 3.37. The molecular formula is C29H38N2O3. The number of piperidine rings is 2. The second kappa shape index (κ2) is 10.5. The van der Waals surface area contributed by atoms with E-state index in [9.17, 15) is 4.79 Å². The average molecular weight is 463 g/mol. The van der Waals surface area contributed by atoms with Crippen molar-refractivity contribution >= 4 is 5.78 Å². The van der Waals surface area contributed by atoms with E-state index in [1.165, 1.54) is 25.7 Å². The van der Waals surface area contributed by atoms with Crippen LogP contribution in [0.15, 0.2) is 36.4 Å². The van der Waals surface area contributed by atoms with Crippen molar-refractivity contribution in [1.29, 1.82) is 0 Å². The van der Waals surface area contributed by atoms with E-state index >= 15 is 0 Å². The fourth-order valence-electron chi connectivity index (χ4n) is 6.00. The van der Waals surface area contributed by atoms with Gasteiger partial charge in [0.05, 0.1) is 0 Å². The van der Waals surface area contributed by atoms with Gasteiger partial charge in [-0.3, -0.25) is 4.79 Å². The lowest BCUT2D eigenvalue weighted by Gasteiger charge is -2.31. The first kappa shape index (κ1) is 23.4. The van der Waals surface area contributed by atoms with Gasteiger partial charge in [0.2, 0.25) is 0 Å². The third kappa shape index (κ3) is 4.60. The molecule has 5 rings (SSSR count). The Morgan fingerprint density at radius 2 is 1.53 bits per heavy atom. The summed E-state index contributed by atoms with van der Waals surface area (Å²) in [5.74, 6) is 2.76. The number of rotatable bonds is 8. The second-order valence-electron chi connectivity index (χ2n) is 10.1. The minimum Gasteiger partial charge on any atom is -0.490 e. The van der Waals surface area contributed by atoms with E-state index in [0.717, 1.165) is 72.8 Å². The molecule has 2 aromatic rings. The van der Waals surface area contributed by atoms with E-state index in [-0.39, 0.29) is 18.0 Å².